The summed E-state index contributed by atoms with van der Waals surface area (Å²) in [7, 11) is -2.09. The average Bonchev–Trinajstić information content (AvgIpc) is 3.40. The first-order chi connectivity index (χ1) is 15.3. The van der Waals surface area contributed by atoms with E-state index in [-0.39, 0.29) is 30.1 Å². The maximum Gasteiger partial charge on any atom is 0.272 e. The second-order valence-corrected chi connectivity index (χ2v) is 9.69. The summed E-state index contributed by atoms with van der Waals surface area (Å²) < 4.78 is 70.8. The number of imidazole rings is 1. The highest BCUT2D eigenvalue weighted by molar-refractivity contribution is 7.89. The van der Waals surface area contributed by atoms with Crippen molar-refractivity contribution in [2.24, 2.45) is 13.0 Å². The zero-order valence-electron chi connectivity index (χ0n) is 17.6. The van der Waals surface area contributed by atoms with Crippen LogP contribution in [0.5, 0.6) is 5.75 Å². The minimum Gasteiger partial charge on any atom is -0.488 e. The number of nitrogens with one attached hydrogen (secondary N) is 1. The van der Waals surface area contributed by atoms with Crippen LogP contribution in [0.25, 0.3) is 0 Å². The van der Waals surface area contributed by atoms with Gasteiger partial charge in [-0.15, -0.1) is 0 Å². The van der Waals surface area contributed by atoms with Gasteiger partial charge in [-0.25, -0.2) is 22.2 Å². The standard InChI is InChI=1S/C20H26F2N4O5S/c1-25-11-19(23-13-25)32(27,28)26-9-16(20-29-6-3-7-30-20)17(10-26)24-14-4-2-5-15(8-14)31-12-18(21)22/h2,4-5,8,11,13,16-18,20,24H,3,6-7,9-10,12H2,1H3/t16-,17-/m0/s1. The lowest BCUT2D eigenvalue weighted by molar-refractivity contribution is -0.203. The van der Waals surface area contributed by atoms with E-state index in [1.54, 1.807) is 35.9 Å². The smallest absolute Gasteiger partial charge is 0.272 e. The number of rotatable bonds is 8. The van der Waals surface area contributed by atoms with Crippen molar-refractivity contribution in [3.05, 3.63) is 36.8 Å². The van der Waals surface area contributed by atoms with Gasteiger partial charge in [0.2, 0.25) is 0 Å². The van der Waals surface area contributed by atoms with E-state index in [1.165, 1.54) is 16.8 Å². The first-order valence-corrected chi connectivity index (χ1v) is 11.8. The first-order valence-electron chi connectivity index (χ1n) is 10.3. The molecule has 0 radical (unpaired) electrons. The molecule has 176 valence electrons. The zero-order chi connectivity index (χ0) is 22.7. The fraction of sp³-hybridized carbons (Fsp3) is 0.550. The number of benzene rings is 1. The Kier molecular flexibility index (Phi) is 6.93. The van der Waals surface area contributed by atoms with Crippen molar-refractivity contribution in [3.8, 4) is 5.75 Å². The Labute approximate surface area is 185 Å². The minimum absolute atomic E-state index is 0.0210. The monoisotopic (exact) mass is 472 g/mol. The van der Waals surface area contributed by atoms with Crippen LogP contribution in [0.3, 0.4) is 0 Å². The number of hydrogen-bond donors (Lipinski definition) is 1. The number of sulfonamides is 1. The van der Waals surface area contributed by atoms with Gasteiger partial charge in [0, 0.05) is 50.0 Å². The van der Waals surface area contributed by atoms with Crippen molar-refractivity contribution in [2.75, 3.05) is 38.2 Å². The number of nitrogens with zero attached hydrogens (tertiary/aromatic N) is 3. The van der Waals surface area contributed by atoms with Gasteiger partial charge in [-0.05, 0) is 18.6 Å². The second-order valence-electron chi connectivity index (χ2n) is 7.81. The van der Waals surface area contributed by atoms with E-state index in [4.69, 9.17) is 14.2 Å². The Morgan fingerprint density at radius 1 is 1.28 bits per heavy atom. The molecule has 2 aliphatic heterocycles. The predicted molar refractivity (Wildman–Crippen MR) is 111 cm³/mol. The van der Waals surface area contributed by atoms with Crippen LogP contribution in [0.4, 0.5) is 14.5 Å². The second kappa shape index (κ2) is 9.69. The first kappa shape index (κ1) is 22.9. The molecule has 0 bridgehead atoms. The molecule has 2 saturated heterocycles. The predicted octanol–water partition coefficient (Wildman–Crippen LogP) is 1.93. The van der Waals surface area contributed by atoms with Crippen LogP contribution in [0.2, 0.25) is 0 Å². The molecule has 0 aliphatic carbocycles. The molecule has 4 rings (SSSR count). The third-order valence-electron chi connectivity index (χ3n) is 5.38. The molecule has 2 aromatic rings. The molecule has 9 nitrogen and oxygen atoms in total. The highest BCUT2D eigenvalue weighted by atomic mass is 32.2. The van der Waals surface area contributed by atoms with Gasteiger partial charge in [-0.1, -0.05) is 6.07 Å². The van der Waals surface area contributed by atoms with E-state index in [1.807, 2.05) is 0 Å². The van der Waals surface area contributed by atoms with Gasteiger partial charge in [0.15, 0.2) is 11.3 Å². The maximum atomic E-state index is 13.1. The molecular weight excluding hydrogens is 446 g/mol. The van der Waals surface area contributed by atoms with Gasteiger partial charge in [-0.2, -0.15) is 4.31 Å². The van der Waals surface area contributed by atoms with Crippen molar-refractivity contribution in [3.63, 3.8) is 0 Å². The fourth-order valence-corrected chi connectivity index (χ4v) is 5.34. The van der Waals surface area contributed by atoms with Crippen molar-refractivity contribution in [1.29, 1.82) is 0 Å². The third-order valence-corrected chi connectivity index (χ3v) is 7.10. The lowest BCUT2D eigenvalue weighted by atomic mass is 10.0. The van der Waals surface area contributed by atoms with E-state index >= 15 is 0 Å². The van der Waals surface area contributed by atoms with E-state index in [9.17, 15) is 17.2 Å². The van der Waals surface area contributed by atoms with E-state index < -0.39 is 29.3 Å². The molecule has 0 unspecified atom stereocenters. The number of anilines is 1. The fourth-order valence-electron chi connectivity index (χ4n) is 3.87. The Balaban J connectivity index is 1.54. The summed E-state index contributed by atoms with van der Waals surface area (Å²) >= 11 is 0. The van der Waals surface area contributed by atoms with Crippen LogP contribution in [-0.2, 0) is 26.5 Å². The van der Waals surface area contributed by atoms with Crippen molar-refractivity contribution < 1.29 is 31.4 Å². The lowest BCUT2D eigenvalue weighted by Crippen LogP contribution is -2.41. The summed E-state index contributed by atoms with van der Waals surface area (Å²) in [4.78, 5) is 4.00. The van der Waals surface area contributed by atoms with Crippen LogP contribution in [0.15, 0.2) is 41.8 Å². The molecule has 1 N–H and O–H groups in total. The van der Waals surface area contributed by atoms with Gasteiger partial charge < -0.3 is 24.1 Å². The molecule has 0 amide bonds. The van der Waals surface area contributed by atoms with Gasteiger partial charge in [0.25, 0.3) is 16.4 Å². The number of aryl methyl sites for hydroxylation is 1. The van der Waals surface area contributed by atoms with E-state index in [0.29, 0.717) is 24.7 Å². The summed E-state index contributed by atoms with van der Waals surface area (Å²) in [5.74, 6) is 0.0207. The van der Waals surface area contributed by atoms with Crippen LogP contribution >= 0.6 is 0 Å². The molecule has 2 fully saturated rings. The quantitative estimate of drug-likeness (QED) is 0.627. The lowest BCUT2D eigenvalue weighted by Gasteiger charge is -2.31. The summed E-state index contributed by atoms with van der Waals surface area (Å²) in [6, 6.07) is 6.32. The summed E-state index contributed by atoms with van der Waals surface area (Å²) in [6.07, 6.45) is 0.554. The van der Waals surface area contributed by atoms with Crippen molar-refractivity contribution in [2.45, 2.75) is 30.2 Å². The largest absolute Gasteiger partial charge is 0.488 e. The molecule has 0 spiro atoms. The summed E-state index contributed by atoms with van der Waals surface area (Å²) in [5, 5.41) is 3.29. The van der Waals surface area contributed by atoms with Gasteiger partial charge >= 0.3 is 0 Å². The van der Waals surface area contributed by atoms with Gasteiger partial charge in [-0.3, -0.25) is 0 Å². The molecular formula is C20H26F2N4O5S. The zero-order valence-corrected chi connectivity index (χ0v) is 18.4. The molecule has 32 heavy (non-hydrogen) atoms. The molecule has 3 heterocycles. The Bertz CT molecular complexity index is 1010. The van der Waals surface area contributed by atoms with Crippen molar-refractivity contribution >= 4 is 15.7 Å². The normalized spacial score (nSPS) is 23.0. The minimum atomic E-state index is -3.80. The highest BCUT2D eigenvalue weighted by Gasteiger charge is 2.45. The topological polar surface area (TPSA) is 94.9 Å². The third kappa shape index (κ3) is 5.20. The molecule has 1 aromatic heterocycles. The molecule has 2 atom stereocenters. The van der Waals surface area contributed by atoms with Crippen LogP contribution in [0, 0.1) is 5.92 Å². The van der Waals surface area contributed by atoms with Crippen LogP contribution in [-0.4, -0.2) is 73.9 Å². The maximum absolute atomic E-state index is 13.1. The highest BCUT2D eigenvalue weighted by Crippen LogP contribution is 2.32. The number of alkyl halides is 2. The van der Waals surface area contributed by atoms with Crippen LogP contribution in [0.1, 0.15) is 6.42 Å². The number of halogens is 2. The summed E-state index contributed by atoms with van der Waals surface area (Å²) in [5.41, 5.74) is 0.625. The summed E-state index contributed by atoms with van der Waals surface area (Å²) in [6.45, 7) is 0.753. The Morgan fingerprint density at radius 3 is 2.75 bits per heavy atom. The Morgan fingerprint density at radius 2 is 2.06 bits per heavy atom. The molecule has 0 saturated carbocycles. The number of aromatic nitrogens is 2. The number of ether oxygens (including phenoxy) is 3. The van der Waals surface area contributed by atoms with Gasteiger partial charge in [0.1, 0.15) is 12.4 Å². The molecule has 2 aliphatic rings. The van der Waals surface area contributed by atoms with Gasteiger partial charge in [0.05, 0.1) is 19.5 Å². The van der Waals surface area contributed by atoms with Crippen molar-refractivity contribution in [1.82, 2.24) is 13.9 Å². The molecule has 1 aromatic carbocycles. The molecule has 12 heteroatoms. The Hall–Kier alpha value is -2.28. The SMILES string of the molecule is Cn1cnc(S(=O)(=O)N2C[C@H](Nc3cccc(OCC(F)F)c3)[C@@H](C3OCCCO3)C2)c1. The van der Waals surface area contributed by atoms with E-state index in [2.05, 4.69) is 10.3 Å². The number of hydrogen-bond acceptors (Lipinski definition) is 7. The average molecular weight is 473 g/mol. The van der Waals surface area contributed by atoms with Crippen LogP contribution < -0.4 is 10.1 Å². The van der Waals surface area contributed by atoms with E-state index in [0.717, 1.165) is 6.42 Å².